The molecular weight excluding hydrogens is 334 g/mol. The monoisotopic (exact) mass is 355 g/mol. The van der Waals surface area contributed by atoms with Crippen molar-refractivity contribution < 1.29 is 14.5 Å². The van der Waals surface area contributed by atoms with Crippen LogP contribution in [-0.2, 0) is 4.79 Å². The Labute approximate surface area is 151 Å². The number of nitrogens with two attached hydrogens (primary N) is 1. The maximum Gasteiger partial charge on any atom is 0.269 e. The van der Waals surface area contributed by atoms with Gasteiger partial charge in [-0.2, -0.15) is 0 Å². The van der Waals surface area contributed by atoms with Crippen LogP contribution in [0.3, 0.4) is 0 Å². The van der Waals surface area contributed by atoms with Crippen LogP contribution in [0, 0.1) is 16.0 Å². The summed E-state index contributed by atoms with van der Waals surface area (Å²) in [5.41, 5.74) is 6.66. The van der Waals surface area contributed by atoms with Crippen molar-refractivity contribution in [2.24, 2.45) is 11.7 Å². The number of nitro groups is 1. The van der Waals surface area contributed by atoms with Gasteiger partial charge in [-0.3, -0.25) is 14.9 Å². The maximum absolute atomic E-state index is 12.2. The van der Waals surface area contributed by atoms with E-state index in [1.165, 1.54) is 24.3 Å². The molecule has 1 saturated carbocycles. The van der Waals surface area contributed by atoms with Crippen LogP contribution < -0.4 is 15.8 Å². The molecule has 2 aromatic carbocycles. The second kappa shape index (κ2) is 7.97. The third-order valence-corrected chi connectivity index (χ3v) is 4.57. The minimum Gasteiger partial charge on any atom is -0.457 e. The van der Waals surface area contributed by atoms with E-state index in [0.29, 0.717) is 23.6 Å². The smallest absolute Gasteiger partial charge is 0.269 e. The van der Waals surface area contributed by atoms with Crippen molar-refractivity contribution in [3.05, 3.63) is 58.6 Å². The Balaban J connectivity index is 1.60. The number of nitrogens with zero attached hydrogens (tertiary/aromatic N) is 1. The highest BCUT2D eigenvalue weighted by Crippen LogP contribution is 2.28. The van der Waals surface area contributed by atoms with Gasteiger partial charge in [0, 0.05) is 36.3 Å². The van der Waals surface area contributed by atoms with Gasteiger partial charge in [0.1, 0.15) is 11.5 Å². The molecule has 1 aliphatic carbocycles. The number of hydrogen-bond acceptors (Lipinski definition) is 5. The van der Waals surface area contributed by atoms with Gasteiger partial charge in [0.2, 0.25) is 5.91 Å². The molecule has 7 heteroatoms. The molecule has 3 N–H and O–H groups in total. The number of nitrogens with one attached hydrogen (secondary N) is 1. The molecule has 2 aromatic rings. The molecule has 0 radical (unpaired) electrons. The molecule has 1 aliphatic rings. The largest absolute Gasteiger partial charge is 0.457 e. The van der Waals surface area contributed by atoms with E-state index in [9.17, 15) is 14.9 Å². The number of rotatable bonds is 6. The van der Waals surface area contributed by atoms with E-state index in [1.54, 1.807) is 24.3 Å². The molecule has 26 heavy (non-hydrogen) atoms. The van der Waals surface area contributed by atoms with Crippen molar-refractivity contribution in [2.75, 3.05) is 5.32 Å². The van der Waals surface area contributed by atoms with Crippen LogP contribution in [-0.4, -0.2) is 16.9 Å². The van der Waals surface area contributed by atoms with Gasteiger partial charge >= 0.3 is 0 Å². The van der Waals surface area contributed by atoms with E-state index >= 15 is 0 Å². The van der Waals surface area contributed by atoms with Gasteiger partial charge < -0.3 is 15.8 Å². The Morgan fingerprint density at radius 1 is 1.19 bits per heavy atom. The number of non-ortho nitro benzene ring substituents is 1. The summed E-state index contributed by atoms with van der Waals surface area (Å²) in [5, 5.41) is 13.6. The number of nitro benzene ring substituents is 1. The summed E-state index contributed by atoms with van der Waals surface area (Å²) in [6.07, 6.45) is 3.49. The lowest BCUT2D eigenvalue weighted by Crippen LogP contribution is -2.28. The quantitative estimate of drug-likeness (QED) is 0.604. The maximum atomic E-state index is 12.2. The van der Waals surface area contributed by atoms with Crippen molar-refractivity contribution in [1.29, 1.82) is 0 Å². The normalized spacial score (nSPS) is 19.1. The lowest BCUT2D eigenvalue weighted by Gasteiger charge is -2.15. The minimum absolute atomic E-state index is 0.00323. The Morgan fingerprint density at radius 2 is 1.96 bits per heavy atom. The van der Waals surface area contributed by atoms with Gasteiger partial charge in [0.25, 0.3) is 5.69 Å². The zero-order valence-corrected chi connectivity index (χ0v) is 14.3. The van der Waals surface area contributed by atoms with Gasteiger partial charge in [0.15, 0.2) is 0 Å². The summed E-state index contributed by atoms with van der Waals surface area (Å²) in [6, 6.07) is 13.0. The molecule has 0 aliphatic heterocycles. The number of carbonyl (C=O) groups is 1. The third-order valence-electron chi connectivity index (χ3n) is 4.57. The van der Waals surface area contributed by atoms with Crippen molar-refractivity contribution >= 4 is 17.3 Å². The summed E-state index contributed by atoms with van der Waals surface area (Å²) < 4.78 is 5.69. The lowest BCUT2D eigenvalue weighted by atomic mass is 10.00. The molecule has 2 atom stereocenters. The first-order valence-corrected chi connectivity index (χ1v) is 8.59. The van der Waals surface area contributed by atoms with E-state index in [0.717, 1.165) is 19.3 Å². The van der Waals surface area contributed by atoms with E-state index in [2.05, 4.69) is 5.32 Å². The van der Waals surface area contributed by atoms with Crippen LogP contribution >= 0.6 is 0 Å². The Hall–Kier alpha value is -2.93. The zero-order chi connectivity index (χ0) is 18.5. The topological polar surface area (TPSA) is 107 Å². The van der Waals surface area contributed by atoms with Crippen LogP contribution in [0.2, 0.25) is 0 Å². The van der Waals surface area contributed by atoms with E-state index < -0.39 is 4.92 Å². The summed E-state index contributed by atoms with van der Waals surface area (Å²) in [5.74, 6) is 1.21. The summed E-state index contributed by atoms with van der Waals surface area (Å²) in [7, 11) is 0. The number of carbonyl (C=O) groups excluding carboxylic acids is 1. The number of hydrogen-bond donors (Lipinski definition) is 2. The first-order chi connectivity index (χ1) is 12.5. The molecule has 1 amide bonds. The number of anilines is 1. The van der Waals surface area contributed by atoms with E-state index in [-0.39, 0.29) is 23.6 Å². The molecule has 0 bridgehead atoms. The Morgan fingerprint density at radius 3 is 2.62 bits per heavy atom. The van der Waals surface area contributed by atoms with Gasteiger partial charge in [-0.1, -0.05) is 12.5 Å². The van der Waals surface area contributed by atoms with Crippen LogP contribution in [0.4, 0.5) is 11.4 Å². The molecule has 3 rings (SSSR count). The van der Waals surface area contributed by atoms with Crippen molar-refractivity contribution in [1.82, 2.24) is 0 Å². The van der Waals surface area contributed by atoms with Crippen molar-refractivity contribution in [3.8, 4) is 11.5 Å². The fraction of sp³-hybridized carbons (Fsp3) is 0.316. The van der Waals surface area contributed by atoms with E-state index in [4.69, 9.17) is 10.5 Å². The average Bonchev–Trinajstić information content (AvgIpc) is 3.00. The SMILES string of the molecule is N[C@@H]1CCC[C@H]1CC(=O)Nc1cccc(Oc2ccc([N+](=O)[O-])cc2)c1. The highest BCUT2D eigenvalue weighted by atomic mass is 16.6. The van der Waals surface area contributed by atoms with Crippen molar-refractivity contribution in [2.45, 2.75) is 31.7 Å². The number of ether oxygens (including phenoxy) is 1. The van der Waals surface area contributed by atoms with Crippen LogP contribution in [0.1, 0.15) is 25.7 Å². The highest BCUT2D eigenvalue weighted by molar-refractivity contribution is 5.91. The standard InChI is InChI=1S/C19H21N3O4/c20-18-6-1-3-13(18)11-19(23)21-14-4-2-5-17(12-14)26-16-9-7-15(8-10-16)22(24)25/h2,4-5,7-10,12-13,18H,1,3,6,11,20H2,(H,21,23)/t13-,18+/m0/s1. The second-order valence-electron chi connectivity index (χ2n) is 6.49. The van der Waals surface area contributed by atoms with Gasteiger partial charge in [-0.15, -0.1) is 0 Å². The average molecular weight is 355 g/mol. The fourth-order valence-electron chi connectivity index (χ4n) is 3.18. The van der Waals surface area contributed by atoms with E-state index in [1.807, 2.05) is 0 Å². The molecule has 0 unspecified atom stereocenters. The summed E-state index contributed by atoms with van der Waals surface area (Å²) in [6.45, 7) is 0. The molecule has 1 fully saturated rings. The van der Waals surface area contributed by atoms with Gasteiger partial charge in [-0.05, 0) is 43.0 Å². The van der Waals surface area contributed by atoms with Gasteiger partial charge in [0.05, 0.1) is 4.92 Å². The van der Waals surface area contributed by atoms with Gasteiger partial charge in [-0.25, -0.2) is 0 Å². The molecule has 136 valence electrons. The zero-order valence-electron chi connectivity index (χ0n) is 14.3. The molecule has 0 heterocycles. The molecule has 7 nitrogen and oxygen atoms in total. The fourth-order valence-corrected chi connectivity index (χ4v) is 3.18. The minimum atomic E-state index is -0.462. The number of benzene rings is 2. The lowest BCUT2D eigenvalue weighted by molar-refractivity contribution is -0.384. The first kappa shape index (κ1) is 17.9. The molecule has 0 spiro atoms. The third kappa shape index (κ3) is 4.58. The van der Waals surface area contributed by atoms with Crippen LogP contribution in [0.15, 0.2) is 48.5 Å². The summed E-state index contributed by atoms with van der Waals surface area (Å²) >= 11 is 0. The van der Waals surface area contributed by atoms with Crippen LogP contribution in [0.25, 0.3) is 0 Å². The highest BCUT2D eigenvalue weighted by Gasteiger charge is 2.26. The Kier molecular flexibility index (Phi) is 5.48. The van der Waals surface area contributed by atoms with Crippen molar-refractivity contribution in [3.63, 3.8) is 0 Å². The predicted molar refractivity (Wildman–Crippen MR) is 98.2 cm³/mol. The summed E-state index contributed by atoms with van der Waals surface area (Å²) in [4.78, 5) is 22.4. The molecular formula is C19H21N3O4. The predicted octanol–water partition coefficient (Wildman–Crippen LogP) is 3.84. The van der Waals surface area contributed by atoms with Crippen LogP contribution in [0.5, 0.6) is 11.5 Å². The molecule has 0 saturated heterocycles. The number of amides is 1. The Bertz CT molecular complexity index is 792. The molecule has 0 aromatic heterocycles. The second-order valence-corrected chi connectivity index (χ2v) is 6.49. The first-order valence-electron chi connectivity index (χ1n) is 8.59.